The van der Waals surface area contributed by atoms with Gasteiger partial charge in [-0.3, -0.25) is 4.99 Å². The van der Waals surface area contributed by atoms with E-state index in [0.29, 0.717) is 18.4 Å². The molecule has 0 bridgehead atoms. The Morgan fingerprint density at radius 3 is 2.46 bits per heavy atom. The van der Waals surface area contributed by atoms with Crippen LogP contribution in [0.4, 0.5) is 0 Å². The summed E-state index contributed by atoms with van der Waals surface area (Å²) in [5, 5.41) is 10.7. The van der Waals surface area contributed by atoms with E-state index in [2.05, 4.69) is 72.7 Å². The largest absolute Gasteiger partial charge is 0.359 e. The maximum Gasteiger partial charge on any atom is 0.191 e. The minimum atomic E-state index is 0.371. The zero-order chi connectivity index (χ0) is 17.5. The minimum absolute atomic E-state index is 0.371. The Labute approximate surface area is 144 Å². The standard InChI is InChI=1S/C19H28N4O/c1-13(2)18-10-17(24-23-18)12-22-19(20-5)21-11-15(4)16-8-6-14(3)7-9-16/h6-10,13,15H,11-12H2,1-5H3,(H2,20,21,22). The smallest absolute Gasteiger partial charge is 0.191 e. The molecule has 1 aromatic carbocycles. The van der Waals surface area contributed by atoms with E-state index in [0.717, 1.165) is 24.0 Å². The molecule has 2 N–H and O–H groups in total. The van der Waals surface area contributed by atoms with Gasteiger partial charge in [0, 0.05) is 19.7 Å². The van der Waals surface area contributed by atoms with E-state index in [-0.39, 0.29) is 0 Å². The molecule has 0 aliphatic heterocycles. The van der Waals surface area contributed by atoms with Gasteiger partial charge in [-0.05, 0) is 24.3 Å². The van der Waals surface area contributed by atoms with Gasteiger partial charge in [0.2, 0.25) is 0 Å². The number of hydrogen-bond acceptors (Lipinski definition) is 3. The number of aliphatic imine (C=N–C) groups is 1. The van der Waals surface area contributed by atoms with Crippen molar-refractivity contribution >= 4 is 5.96 Å². The van der Waals surface area contributed by atoms with Crippen molar-refractivity contribution < 1.29 is 4.52 Å². The molecule has 1 aromatic heterocycles. The van der Waals surface area contributed by atoms with Crippen LogP contribution in [0.15, 0.2) is 39.8 Å². The van der Waals surface area contributed by atoms with Gasteiger partial charge < -0.3 is 15.2 Å². The van der Waals surface area contributed by atoms with Gasteiger partial charge in [-0.1, -0.05) is 55.8 Å². The lowest BCUT2D eigenvalue weighted by Crippen LogP contribution is -2.38. The van der Waals surface area contributed by atoms with Gasteiger partial charge in [-0.15, -0.1) is 0 Å². The SMILES string of the molecule is CN=C(NCc1cc(C(C)C)no1)NCC(C)c1ccc(C)cc1. The number of guanidine groups is 1. The molecule has 0 spiro atoms. The topological polar surface area (TPSA) is 62.5 Å². The van der Waals surface area contributed by atoms with E-state index >= 15 is 0 Å². The van der Waals surface area contributed by atoms with Crippen molar-refractivity contribution in [3.05, 3.63) is 52.9 Å². The van der Waals surface area contributed by atoms with E-state index in [9.17, 15) is 0 Å². The summed E-state index contributed by atoms with van der Waals surface area (Å²) in [5.74, 6) is 2.35. The first kappa shape index (κ1) is 18.0. The van der Waals surface area contributed by atoms with Crippen molar-refractivity contribution in [2.45, 2.75) is 46.1 Å². The molecule has 0 saturated heterocycles. The fourth-order valence-electron chi connectivity index (χ4n) is 2.34. The van der Waals surface area contributed by atoms with Crippen LogP contribution in [0.5, 0.6) is 0 Å². The molecule has 0 amide bonds. The molecule has 0 radical (unpaired) electrons. The molecule has 0 aliphatic rings. The summed E-state index contributed by atoms with van der Waals surface area (Å²) in [4.78, 5) is 4.26. The van der Waals surface area contributed by atoms with Gasteiger partial charge in [0.15, 0.2) is 11.7 Å². The van der Waals surface area contributed by atoms with Gasteiger partial charge in [0.1, 0.15) is 0 Å². The fraction of sp³-hybridized carbons (Fsp3) is 0.474. The third-order valence-electron chi connectivity index (χ3n) is 4.04. The summed E-state index contributed by atoms with van der Waals surface area (Å²) >= 11 is 0. The minimum Gasteiger partial charge on any atom is -0.359 e. The Bertz CT molecular complexity index is 658. The Hall–Kier alpha value is -2.30. The highest BCUT2D eigenvalue weighted by Gasteiger charge is 2.09. The average molecular weight is 328 g/mol. The second-order valence-electron chi connectivity index (χ2n) is 6.49. The van der Waals surface area contributed by atoms with Crippen LogP contribution in [0.3, 0.4) is 0 Å². The zero-order valence-corrected chi connectivity index (χ0v) is 15.3. The van der Waals surface area contributed by atoms with E-state index in [1.165, 1.54) is 11.1 Å². The molecule has 5 heteroatoms. The molecular weight excluding hydrogens is 300 g/mol. The van der Waals surface area contributed by atoms with Crippen LogP contribution in [-0.2, 0) is 6.54 Å². The Morgan fingerprint density at radius 2 is 1.88 bits per heavy atom. The summed E-state index contributed by atoms with van der Waals surface area (Å²) < 4.78 is 5.33. The number of aromatic nitrogens is 1. The van der Waals surface area contributed by atoms with Gasteiger partial charge in [0.05, 0.1) is 12.2 Å². The predicted molar refractivity (Wildman–Crippen MR) is 98.4 cm³/mol. The molecule has 0 aliphatic carbocycles. The molecule has 2 rings (SSSR count). The summed E-state index contributed by atoms with van der Waals surface area (Å²) in [6.45, 7) is 9.89. The molecular formula is C19H28N4O. The van der Waals surface area contributed by atoms with Crippen LogP contribution in [0.2, 0.25) is 0 Å². The van der Waals surface area contributed by atoms with Crippen molar-refractivity contribution in [2.75, 3.05) is 13.6 Å². The maximum absolute atomic E-state index is 5.33. The summed E-state index contributed by atoms with van der Waals surface area (Å²) in [6, 6.07) is 10.6. The first-order chi connectivity index (χ1) is 11.5. The third-order valence-corrected chi connectivity index (χ3v) is 4.04. The van der Waals surface area contributed by atoms with Crippen LogP contribution in [-0.4, -0.2) is 24.7 Å². The number of hydrogen-bond donors (Lipinski definition) is 2. The van der Waals surface area contributed by atoms with Crippen LogP contribution < -0.4 is 10.6 Å². The number of aryl methyl sites for hydroxylation is 1. The molecule has 1 unspecified atom stereocenters. The highest BCUT2D eigenvalue weighted by atomic mass is 16.5. The Morgan fingerprint density at radius 1 is 1.17 bits per heavy atom. The van der Waals surface area contributed by atoms with E-state index in [4.69, 9.17) is 4.52 Å². The monoisotopic (exact) mass is 328 g/mol. The number of benzene rings is 1. The molecule has 0 fully saturated rings. The third kappa shape index (κ3) is 5.11. The highest BCUT2D eigenvalue weighted by molar-refractivity contribution is 5.79. The van der Waals surface area contributed by atoms with Crippen LogP contribution in [0.1, 0.15) is 55.2 Å². The number of nitrogens with zero attached hydrogens (tertiary/aromatic N) is 2. The maximum atomic E-state index is 5.33. The van der Waals surface area contributed by atoms with Crippen LogP contribution in [0, 0.1) is 6.92 Å². The first-order valence-corrected chi connectivity index (χ1v) is 8.46. The van der Waals surface area contributed by atoms with Crippen LogP contribution >= 0.6 is 0 Å². The lowest BCUT2D eigenvalue weighted by molar-refractivity contribution is 0.372. The second kappa shape index (κ2) is 8.52. The van der Waals surface area contributed by atoms with Crippen molar-refractivity contribution in [1.29, 1.82) is 0 Å². The lowest BCUT2D eigenvalue weighted by atomic mass is 10.0. The van der Waals surface area contributed by atoms with Crippen molar-refractivity contribution in [3.8, 4) is 0 Å². The summed E-state index contributed by atoms with van der Waals surface area (Å²) in [5.41, 5.74) is 3.58. The first-order valence-electron chi connectivity index (χ1n) is 8.46. The van der Waals surface area contributed by atoms with Gasteiger partial charge >= 0.3 is 0 Å². The molecule has 0 saturated carbocycles. The Balaban J connectivity index is 1.82. The van der Waals surface area contributed by atoms with Crippen molar-refractivity contribution in [2.24, 2.45) is 4.99 Å². The summed E-state index contributed by atoms with van der Waals surface area (Å²) in [7, 11) is 1.77. The van der Waals surface area contributed by atoms with E-state index in [1.807, 2.05) is 6.07 Å². The molecule has 1 atom stereocenters. The molecule has 5 nitrogen and oxygen atoms in total. The average Bonchev–Trinajstić information content (AvgIpc) is 3.04. The number of nitrogens with one attached hydrogen (secondary N) is 2. The predicted octanol–water partition coefficient (Wildman–Crippen LogP) is 3.58. The lowest BCUT2D eigenvalue weighted by Gasteiger charge is -2.16. The van der Waals surface area contributed by atoms with Gasteiger partial charge in [-0.2, -0.15) is 0 Å². The zero-order valence-electron chi connectivity index (χ0n) is 15.3. The normalized spacial score (nSPS) is 13.2. The molecule has 2 aromatic rings. The van der Waals surface area contributed by atoms with Crippen molar-refractivity contribution in [1.82, 2.24) is 15.8 Å². The fourth-order valence-corrected chi connectivity index (χ4v) is 2.34. The Kier molecular flexibility index (Phi) is 6.41. The molecule has 24 heavy (non-hydrogen) atoms. The van der Waals surface area contributed by atoms with Crippen molar-refractivity contribution in [3.63, 3.8) is 0 Å². The van der Waals surface area contributed by atoms with E-state index < -0.39 is 0 Å². The second-order valence-corrected chi connectivity index (χ2v) is 6.49. The number of rotatable bonds is 6. The highest BCUT2D eigenvalue weighted by Crippen LogP contribution is 2.15. The van der Waals surface area contributed by atoms with Gasteiger partial charge in [-0.25, -0.2) is 0 Å². The van der Waals surface area contributed by atoms with Gasteiger partial charge in [0.25, 0.3) is 0 Å². The summed E-state index contributed by atoms with van der Waals surface area (Å²) in [6.07, 6.45) is 0. The van der Waals surface area contributed by atoms with E-state index in [1.54, 1.807) is 7.05 Å². The quantitative estimate of drug-likeness (QED) is 0.628. The molecule has 130 valence electrons. The molecule has 1 heterocycles. The van der Waals surface area contributed by atoms with Crippen LogP contribution in [0.25, 0.3) is 0 Å².